The molecule has 0 atom stereocenters. The van der Waals surface area contributed by atoms with Crippen molar-refractivity contribution in [3.05, 3.63) is 16.1 Å². The Morgan fingerprint density at radius 2 is 2.07 bits per heavy atom. The van der Waals surface area contributed by atoms with Gasteiger partial charge >= 0.3 is 5.97 Å². The molecule has 1 aromatic heterocycles. The molecule has 0 N–H and O–H groups in total. The molecule has 0 aromatic carbocycles. The zero-order valence-corrected chi connectivity index (χ0v) is 9.47. The Hall–Kier alpha value is -1.23. The lowest BCUT2D eigenvalue weighted by atomic mass is 10.2. The van der Waals surface area contributed by atoms with Gasteiger partial charge in [0.25, 0.3) is 0 Å². The van der Waals surface area contributed by atoms with Crippen molar-refractivity contribution in [1.29, 1.82) is 0 Å². The van der Waals surface area contributed by atoms with E-state index in [0.717, 1.165) is 11.5 Å². The first-order valence-corrected chi connectivity index (χ1v) is 4.97. The summed E-state index contributed by atoms with van der Waals surface area (Å²) < 4.78 is 8.27. The number of ether oxygens (including phenoxy) is 1. The molecule has 0 radical (unpaired) electrons. The van der Waals surface area contributed by atoms with Gasteiger partial charge in [0.2, 0.25) is 0 Å². The number of esters is 1. The Morgan fingerprint density at radius 3 is 2.43 bits per heavy atom. The van der Waals surface area contributed by atoms with Crippen LogP contribution < -0.4 is 0 Å². The van der Waals surface area contributed by atoms with Gasteiger partial charge in [-0.1, -0.05) is 13.8 Å². The van der Waals surface area contributed by atoms with Crippen LogP contribution in [0.1, 0.15) is 39.6 Å². The van der Waals surface area contributed by atoms with Gasteiger partial charge in [-0.3, -0.25) is 4.79 Å². The van der Waals surface area contributed by atoms with Gasteiger partial charge in [0.05, 0.1) is 7.11 Å². The Balaban J connectivity index is 0.000000791. The van der Waals surface area contributed by atoms with Gasteiger partial charge in [-0.15, -0.1) is 0 Å². The van der Waals surface area contributed by atoms with E-state index in [2.05, 4.69) is 9.11 Å². The van der Waals surface area contributed by atoms with E-state index in [1.54, 1.807) is 6.92 Å². The maximum Gasteiger partial charge on any atom is 0.349 e. The molecule has 0 fully saturated rings. The van der Waals surface area contributed by atoms with Crippen LogP contribution in [0.5, 0.6) is 0 Å². The molecule has 0 saturated carbocycles. The Labute approximate surface area is 87.1 Å². The number of aromatic nitrogens is 1. The molecule has 0 aliphatic rings. The van der Waals surface area contributed by atoms with Crippen molar-refractivity contribution in [1.82, 2.24) is 4.37 Å². The highest BCUT2D eigenvalue weighted by atomic mass is 32.1. The summed E-state index contributed by atoms with van der Waals surface area (Å²) in [6, 6.07) is 0. The summed E-state index contributed by atoms with van der Waals surface area (Å²) in [6.07, 6.45) is 0.623. The van der Waals surface area contributed by atoms with Crippen LogP contribution in [0.2, 0.25) is 0 Å². The molecule has 0 unspecified atom stereocenters. The van der Waals surface area contributed by atoms with Gasteiger partial charge < -0.3 is 4.74 Å². The minimum Gasteiger partial charge on any atom is -0.465 e. The fourth-order valence-corrected chi connectivity index (χ4v) is 1.51. The van der Waals surface area contributed by atoms with E-state index in [4.69, 9.17) is 0 Å². The topological polar surface area (TPSA) is 56.3 Å². The molecular weight excluding hydrogens is 202 g/mol. The highest BCUT2D eigenvalue weighted by Crippen LogP contribution is 2.16. The number of rotatable bonds is 2. The Bertz CT molecular complexity index is 320. The van der Waals surface area contributed by atoms with E-state index in [0.29, 0.717) is 22.4 Å². The van der Waals surface area contributed by atoms with Crippen molar-refractivity contribution in [2.45, 2.75) is 20.8 Å². The number of nitrogens with zero attached hydrogens (tertiary/aromatic N) is 1. The smallest absolute Gasteiger partial charge is 0.349 e. The second kappa shape index (κ2) is 6.26. The lowest BCUT2D eigenvalue weighted by Crippen LogP contribution is -2.00. The van der Waals surface area contributed by atoms with Crippen molar-refractivity contribution < 1.29 is 14.3 Å². The molecule has 0 spiro atoms. The first kappa shape index (κ1) is 12.8. The zero-order valence-electron chi connectivity index (χ0n) is 8.66. The number of carbonyl (C=O) groups is 2. The van der Waals surface area contributed by atoms with Crippen LogP contribution >= 0.6 is 11.5 Å². The van der Waals surface area contributed by atoms with E-state index in [1.807, 2.05) is 13.8 Å². The van der Waals surface area contributed by atoms with Crippen LogP contribution in [0, 0.1) is 6.92 Å². The van der Waals surface area contributed by atoms with Crippen molar-refractivity contribution in [3.63, 3.8) is 0 Å². The van der Waals surface area contributed by atoms with Crippen LogP contribution in [0.4, 0.5) is 0 Å². The predicted molar refractivity (Wildman–Crippen MR) is 54.9 cm³/mol. The Morgan fingerprint density at radius 1 is 1.50 bits per heavy atom. The minimum atomic E-state index is -0.446. The second-order valence-corrected chi connectivity index (χ2v) is 2.90. The molecule has 0 bridgehead atoms. The standard InChI is InChI=1S/C7H7NO3S.C2H6/c1-4-5(3-9)8-12-6(4)7(10)11-2;1-2/h3H,1-2H3;1-2H3. The van der Waals surface area contributed by atoms with E-state index in [1.165, 1.54) is 7.11 Å². The third-order valence-electron chi connectivity index (χ3n) is 1.44. The number of carbonyl (C=O) groups excluding carboxylic acids is 2. The number of methoxy groups -OCH3 is 1. The van der Waals surface area contributed by atoms with E-state index >= 15 is 0 Å². The molecule has 78 valence electrons. The van der Waals surface area contributed by atoms with Crippen LogP contribution in [0.15, 0.2) is 0 Å². The third kappa shape index (κ3) is 2.63. The molecule has 0 aliphatic carbocycles. The van der Waals surface area contributed by atoms with Crippen LogP contribution in [-0.2, 0) is 4.74 Å². The van der Waals surface area contributed by atoms with E-state index in [-0.39, 0.29) is 0 Å². The summed E-state index contributed by atoms with van der Waals surface area (Å²) in [5.74, 6) is -0.446. The first-order valence-electron chi connectivity index (χ1n) is 4.20. The quantitative estimate of drug-likeness (QED) is 0.560. The molecule has 1 rings (SSSR count). The summed E-state index contributed by atoms with van der Waals surface area (Å²) in [5.41, 5.74) is 0.891. The van der Waals surface area contributed by atoms with E-state index < -0.39 is 5.97 Å². The van der Waals surface area contributed by atoms with Crippen molar-refractivity contribution in [2.24, 2.45) is 0 Å². The van der Waals surface area contributed by atoms with Crippen molar-refractivity contribution in [3.8, 4) is 0 Å². The monoisotopic (exact) mass is 215 g/mol. The fraction of sp³-hybridized carbons (Fsp3) is 0.444. The van der Waals surface area contributed by atoms with Gasteiger partial charge in [0.15, 0.2) is 6.29 Å². The SMILES string of the molecule is CC.COC(=O)c1snc(C=O)c1C. The van der Waals surface area contributed by atoms with Crippen molar-refractivity contribution in [2.75, 3.05) is 7.11 Å². The lowest BCUT2D eigenvalue weighted by Gasteiger charge is -1.94. The lowest BCUT2D eigenvalue weighted by molar-refractivity contribution is 0.0605. The van der Waals surface area contributed by atoms with E-state index in [9.17, 15) is 9.59 Å². The number of hydrogen-bond acceptors (Lipinski definition) is 5. The predicted octanol–water partition coefficient (Wildman–Crippen LogP) is 2.08. The first-order chi connectivity index (χ1) is 6.70. The number of aldehydes is 1. The summed E-state index contributed by atoms with van der Waals surface area (Å²) >= 11 is 0.978. The van der Waals surface area contributed by atoms with Crippen LogP contribution in [0.3, 0.4) is 0 Å². The van der Waals surface area contributed by atoms with Gasteiger partial charge in [-0.05, 0) is 18.5 Å². The van der Waals surface area contributed by atoms with Crippen LogP contribution in [0.25, 0.3) is 0 Å². The molecule has 0 saturated heterocycles. The average molecular weight is 215 g/mol. The fourth-order valence-electron chi connectivity index (χ4n) is 0.741. The maximum absolute atomic E-state index is 11.0. The molecule has 14 heavy (non-hydrogen) atoms. The van der Waals surface area contributed by atoms with Gasteiger partial charge in [0, 0.05) is 5.56 Å². The summed E-state index contributed by atoms with van der Waals surface area (Å²) in [4.78, 5) is 21.7. The molecule has 0 amide bonds. The highest BCUT2D eigenvalue weighted by molar-refractivity contribution is 7.08. The maximum atomic E-state index is 11.0. The van der Waals surface area contributed by atoms with Gasteiger partial charge in [-0.2, -0.15) is 4.37 Å². The third-order valence-corrected chi connectivity index (χ3v) is 2.39. The summed E-state index contributed by atoms with van der Waals surface area (Å²) in [7, 11) is 1.29. The largest absolute Gasteiger partial charge is 0.465 e. The molecule has 1 aromatic rings. The highest BCUT2D eigenvalue weighted by Gasteiger charge is 2.15. The summed E-state index contributed by atoms with van der Waals surface area (Å²) in [6.45, 7) is 5.67. The summed E-state index contributed by atoms with van der Waals surface area (Å²) in [5, 5.41) is 0. The Kier molecular flexibility index (Phi) is 5.71. The van der Waals surface area contributed by atoms with Crippen LogP contribution in [-0.4, -0.2) is 23.7 Å². The van der Waals surface area contributed by atoms with Gasteiger partial charge in [-0.25, -0.2) is 4.79 Å². The molecule has 5 heteroatoms. The number of hydrogen-bond donors (Lipinski definition) is 0. The van der Waals surface area contributed by atoms with Gasteiger partial charge in [0.1, 0.15) is 10.6 Å². The zero-order chi connectivity index (χ0) is 11.1. The van der Waals surface area contributed by atoms with Crippen molar-refractivity contribution >= 4 is 23.8 Å². The molecule has 1 heterocycles. The minimum absolute atomic E-state index is 0.306. The molecule has 0 aliphatic heterocycles. The second-order valence-electron chi connectivity index (χ2n) is 2.13. The average Bonchev–Trinajstić information content (AvgIpc) is 2.61. The normalized spacial score (nSPS) is 8.57. The molecule has 4 nitrogen and oxygen atoms in total. The molecular formula is C9H13NO3S.